The highest BCUT2D eigenvalue weighted by atomic mass is 19.1. The lowest BCUT2D eigenvalue weighted by Gasteiger charge is -2.30. The van der Waals surface area contributed by atoms with E-state index in [0.717, 1.165) is 5.56 Å². The van der Waals surface area contributed by atoms with Crippen LogP contribution in [0.3, 0.4) is 0 Å². The highest BCUT2D eigenvalue weighted by Crippen LogP contribution is 2.26. The second-order valence-electron chi connectivity index (χ2n) is 7.36. The molecule has 0 unspecified atom stereocenters. The van der Waals surface area contributed by atoms with Crippen LogP contribution < -0.4 is 0 Å². The van der Waals surface area contributed by atoms with Gasteiger partial charge in [-0.2, -0.15) is 5.10 Å². The molecular weight excluding hydrogens is 399 g/mol. The molecule has 0 radical (unpaired) electrons. The van der Waals surface area contributed by atoms with Crippen LogP contribution in [0.5, 0.6) is 0 Å². The van der Waals surface area contributed by atoms with E-state index < -0.39 is 0 Å². The third kappa shape index (κ3) is 4.47. The van der Waals surface area contributed by atoms with Crippen molar-refractivity contribution in [2.24, 2.45) is 5.92 Å². The van der Waals surface area contributed by atoms with Crippen LogP contribution in [0.1, 0.15) is 30.3 Å². The topological polar surface area (TPSA) is 77.3 Å². The Labute approximate surface area is 179 Å². The number of ether oxygens (including phenoxy) is 1. The summed E-state index contributed by atoms with van der Waals surface area (Å²) in [6, 6.07) is 11.3. The maximum atomic E-state index is 13.4. The Hall–Kier alpha value is -3.55. The first kappa shape index (κ1) is 20.7. The number of piperidine rings is 1. The number of amides is 1. The van der Waals surface area contributed by atoms with Gasteiger partial charge in [0.05, 0.1) is 23.9 Å². The molecule has 0 atom stereocenters. The minimum absolute atomic E-state index is 0.173. The number of nitrogens with zero attached hydrogens (tertiary/aromatic N) is 4. The van der Waals surface area contributed by atoms with E-state index in [1.54, 1.807) is 47.1 Å². The van der Waals surface area contributed by atoms with Crippen LogP contribution in [-0.2, 0) is 9.53 Å². The van der Waals surface area contributed by atoms with Crippen molar-refractivity contribution in [1.82, 2.24) is 19.7 Å². The molecule has 160 valence electrons. The van der Waals surface area contributed by atoms with Crippen molar-refractivity contribution < 1.29 is 18.7 Å². The number of pyridine rings is 1. The molecular formula is C23H23FN4O3. The molecule has 1 aromatic carbocycles. The van der Waals surface area contributed by atoms with Gasteiger partial charge < -0.3 is 9.64 Å². The SMILES string of the molecule is CCOC(=O)C1CCN(C(=O)c2cc(-c3ccncc3)n(-c3ccc(F)cc3)n2)CC1. The zero-order valence-corrected chi connectivity index (χ0v) is 17.2. The van der Waals surface area contributed by atoms with Gasteiger partial charge in [-0.25, -0.2) is 9.07 Å². The van der Waals surface area contributed by atoms with E-state index >= 15 is 0 Å². The highest BCUT2D eigenvalue weighted by Gasteiger charge is 2.30. The largest absolute Gasteiger partial charge is 0.466 e. The lowest BCUT2D eigenvalue weighted by Crippen LogP contribution is -2.40. The maximum Gasteiger partial charge on any atom is 0.309 e. The molecule has 4 rings (SSSR count). The van der Waals surface area contributed by atoms with Crippen molar-refractivity contribution in [2.75, 3.05) is 19.7 Å². The summed E-state index contributed by atoms with van der Waals surface area (Å²) < 4.78 is 20.1. The van der Waals surface area contributed by atoms with Gasteiger partial charge in [-0.3, -0.25) is 14.6 Å². The first-order valence-electron chi connectivity index (χ1n) is 10.3. The van der Waals surface area contributed by atoms with Crippen LogP contribution in [0.4, 0.5) is 4.39 Å². The summed E-state index contributed by atoms with van der Waals surface area (Å²) in [6.45, 7) is 3.08. The first-order valence-corrected chi connectivity index (χ1v) is 10.3. The molecule has 0 saturated carbocycles. The number of hydrogen-bond donors (Lipinski definition) is 0. The highest BCUT2D eigenvalue weighted by molar-refractivity contribution is 5.94. The van der Waals surface area contributed by atoms with Crippen LogP contribution >= 0.6 is 0 Å². The minimum Gasteiger partial charge on any atom is -0.466 e. The molecule has 0 spiro atoms. The monoisotopic (exact) mass is 422 g/mol. The number of carbonyl (C=O) groups excluding carboxylic acids is 2. The molecule has 1 saturated heterocycles. The quantitative estimate of drug-likeness (QED) is 0.589. The van der Waals surface area contributed by atoms with Crippen molar-refractivity contribution >= 4 is 11.9 Å². The summed E-state index contributed by atoms with van der Waals surface area (Å²) in [5.41, 5.74) is 2.49. The van der Waals surface area contributed by atoms with Gasteiger partial charge in [0, 0.05) is 31.0 Å². The molecule has 1 aliphatic heterocycles. The summed E-state index contributed by atoms with van der Waals surface area (Å²) in [6.07, 6.45) is 4.47. The van der Waals surface area contributed by atoms with Crippen LogP contribution in [0.2, 0.25) is 0 Å². The summed E-state index contributed by atoms with van der Waals surface area (Å²) in [4.78, 5) is 30.9. The Kier molecular flexibility index (Phi) is 6.06. The van der Waals surface area contributed by atoms with Gasteiger partial charge in [-0.1, -0.05) is 0 Å². The number of carbonyl (C=O) groups is 2. The third-order valence-corrected chi connectivity index (χ3v) is 5.38. The molecule has 7 nitrogen and oxygen atoms in total. The molecule has 0 aliphatic carbocycles. The van der Waals surface area contributed by atoms with Gasteiger partial charge >= 0.3 is 5.97 Å². The minimum atomic E-state index is -0.345. The van der Waals surface area contributed by atoms with Crippen molar-refractivity contribution in [3.63, 3.8) is 0 Å². The molecule has 31 heavy (non-hydrogen) atoms. The van der Waals surface area contributed by atoms with Crippen molar-refractivity contribution in [2.45, 2.75) is 19.8 Å². The zero-order chi connectivity index (χ0) is 21.8. The van der Waals surface area contributed by atoms with Crippen LogP contribution in [-0.4, -0.2) is 51.2 Å². The molecule has 0 N–H and O–H groups in total. The molecule has 0 bridgehead atoms. The van der Waals surface area contributed by atoms with Crippen molar-refractivity contribution in [1.29, 1.82) is 0 Å². The predicted molar refractivity (Wildman–Crippen MR) is 112 cm³/mol. The Balaban J connectivity index is 1.60. The van der Waals surface area contributed by atoms with Gasteiger partial charge in [-0.15, -0.1) is 0 Å². The molecule has 8 heteroatoms. The fourth-order valence-electron chi connectivity index (χ4n) is 3.73. The Bertz CT molecular complexity index is 1060. The molecule has 3 heterocycles. The van der Waals surface area contributed by atoms with Gasteiger partial charge in [0.1, 0.15) is 5.82 Å². The third-order valence-electron chi connectivity index (χ3n) is 5.38. The van der Waals surface area contributed by atoms with Gasteiger partial charge in [0.25, 0.3) is 5.91 Å². The Morgan fingerprint density at radius 2 is 1.77 bits per heavy atom. The number of esters is 1. The average molecular weight is 422 g/mol. The van der Waals surface area contributed by atoms with E-state index in [-0.39, 0.29) is 23.6 Å². The number of aromatic nitrogens is 3. The summed E-state index contributed by atoms with van der Waals surface area (Å²) in [7, 11) is 0. The van der Waals surface area contributed by atoms with E-state index in [0.29, 0.717) is 49.6 Å². The fraction of sp³-hybridized carbons (Fsp3) is 0.304. The average Bonchev–Trinajstić information content (AvgIpc) is 3.25. The van der Waals surface area contributed by atoms with E-state index in [2.05, 4.69) is 10.1 Å². The van der Waals surface area contributed by atoms with Crippen LogP contribution in [0.25, 0.3) is 16.9 Å². The van der Waals surface area contributed by atoms with E-state index in [9.17, 15) is 14.0 Å². The van der Waals surface area contributed by atoms with Crippen molar-refractivity contribution in [3.05, 3.63) is 66.4 Å². The molecule has 1 amide bonds. The van der Waals surface area contributed by atoms with E-state index in [1.165, 1.54) is 12.1 Å². The smallest absolute Gasteiger partial charge is 0.309 e. The van der Waals surface area contributed by atoms with Crippen molar-refractivity contribution in [3.8, 4) is 16.9 Å². The molecule has 3 aromatic rings. The first-order chi connectivity index (χ1) is 15.1. The lowest BCUT2D eigenvalue weighted by atomic mass is 9.97. The molecule has 1 aliphatic rings. The Morgan fingerprint density at radius 1 is 1.10 bits per heavy atom. The summed E-state index contributed by atoms with van der Waals surface area (Å²) in [5, 5.41) is 4.54. The van der Waals surface area contributed by atoms with Gasteiger partial charge in [-0.05, 0) is 62.2 Å². The molecule has 2 aromatic heterocycles. The number of benzene rings is 1. The second-order valence-corrected chi connectivity index (χ2v) is 7.36. The maximum absolute atomic E-state index is 13.4. The standard InChI is InChI=1S/C23H23FN4O3/c1-2-31-23(30)17-9-13-27(14-10-17)22(29)20-15-21(16-7-11-25-12-8-16)28(26-20)19-5-3-18(24)4-6-19/h3-8,11-12,15,17H,2,9-10,13-14H2,1H3. The number of rotatable bonds is 5. The number of hydrogen-bond acceptors (Lipinski definition) is 5. The lowest BCUT2D eigenvalue weighted by molar-refractivity contribution is -0.149. The summed E-state index contributed by atoms with van der Waals surface area (Å²) in [5.74, 6) is -0.913. The predicted octanol–water partition coefficient (Wildman–Crippen LogP) is 3.49. The van der Waals surface area contributed by atoms with Gasteiger partial charge in [0.2, 0.25) is 0 Å². The summed E-state index contributed by atoms with van der Waals surface area (Å²) >= 11 is 0. The molecule has 1 fully saturated rings. The van der Waals surface area contributed by atoms with E-state index in [4.69, 9.17) is 4.74 Å². The van der Waals surface area contributed by atoms with Crippen LogP contribution in [0, 0.1) is 11.7 Å². The fourth-order valence-corrected chi connectivity index (χ4v) is 3.73. The Morgan fingerprint density at radius 3 is 2.42 bits per heavy atom. The second kappa shape index (κ2) is 9.07. The van der Waals surface area contributed by atoms with E-state index in [1.807, 2.05) is 12.1 Å². The number of likely N-dealkylation sites (tertiary alicyclic amines) is 1. The zero-order valence-electron chi connectivity index (χ0n) is 17.2. The number of halogens is 1. The normalized spacial score (nSPS) is 14.5. The van der Waals surface area contributed by atoms with Crippen LogP contribution in [0.15, 0.2) is 54.9 Å². The van der Waals surface area contributed by atoms with Gasteiger partial charge in [0.15, 0.2) is 5.69 Å².